The Kier molecular flexibility index (Phi) is 7.03. The summed E-state index contributed by atoms with van der Waals surface area (Å²) in [5, 5.41) is 7.08. The second-order valence-electron chi connectivity index (χ2n) is 14.4. The van der Waals surface area contributed by atoms with Crippen LogP contribution in [-0.2, 0) is 0 Å². The maximum Gasteiger partial charge on any atom is 0.238 e. The van der Waals surface area contributed by atoms with E-state index >= 15 is 0 Å². The van der Waals surface area contributed by atoms with E-state index in [1.807, 2.05) is 18.2 Å². The van der Waals surface area contributed by atoms with Crippen LogP contribution in [-0.4, -0.2) is 24.1 Å². The molecule has 8 aromatic carbocycles. The van der Waals surface area contributed by atoms with Gasteiger partial charge in [0.05, 0.1) is 22.1 Å². The summed E-state index contributed by atoms with van der Waals surface area (Å²) in [4.78, 5) is 15.8. The minimum absolute atomic E-state index is 0.585. The number of hydrogen-bond acceptors (Lipinski definition) is 4. The van der Waals surface area contributed by atoms with E-state index in [4.69, 9.17) is 15.0 Å². The van der Waals surface area contributed by atoms with Crippen molar-refractivity contribution in [3.05, 3.63) is 188 Å². The molecule has 5 nitrogen and oxygen atoms in total. The third-order valence-corrected chi connectivity index (χ3v) is 12.4. The zero-order valence-electron chi connectivity index (χ0n) is 30.5. The fourth-order valence-corrected chi connectivity index (χ4v) is 9.82. The molecule has 4 aromatic heterocycles. The number of aromatic nitrogens is 5. The lowest BCUT2D eigenvalue weighted by atomic mass is 10.1. The molecule has 0 atom stereocenters. The van der Waals surface area contributed by atoms with Crippen LogP contribution in [0, 0.1) is 0 Å². The Morgan fingerprint density at radius 1 is 0.351 bits per heavy atom. The second-order valence-corrected chi connectivity index (χ2v) is 15.5. The molecule has 0 N–H and O–H groups in total. The maximum absolute atomic E-state index is 5.37. The van der Waals surface area contributed by atoms with E-state index in [2.05, 4.69) is 179 Å². The van der Waals surface area contributed by atoms with Crippen molar-refractivity contribution in [3.8, 4) is 45.5 Å². The van der Waals surface area contributed by atoms with Crippen LogP contribution in [0.3, 0.4) is 0 Å². The molecule has 12 aromatic rings. The summed E-state index contributed by atoms with van der Waals surface area (Å²) in [5.41, 5.74) is 9.83. The summed E-state index contributed by atoms with van der Waals surface area (Å²) in [6.07, 6.45) is 0. The predicted octanol–water partition coefficient (Wildman–Crippen LogP) is 13.4. The van der Waals surface area contributed by atoms with Crippen molar-refractivity contribution in [2.75, 3.05) is 0 Å². The average molecular weight is 746 g/mol. The monoisotopic (exact) mass is 745 g/mol. The van der Waals surface area contributed by atoms with Gasteiger partial charge in [0, 0.05) is 58.5 Å². The van der Waals surface area contributed by atoms with Gasteiger partial charge >= 0.3 is 0 Å². The molecule has 0 saturated carbocycles. The van der Waals surface area contributed by atoms with Crippen LogP contribution in [0.4, 0.5) is 0 Å². The zero-order chi connectivity index (χ0) is 37.5. The van der Waals surface area contributed by atoms with Crippen LogP contribution in [0.25, 0.3) is 109 Å². The quantitative estimate of drug-likeness (QED) is 0.176. The number of para-hydroxylation sites is 2. The molecule has 57 heavy (non-hydrogen) atoms. The average Bonchev–Trinajstić information content (AvgIpc) is 3.93. The van der Waals surface area contributed by atoms with Gasteiger partial charge in [0.25, 0.3) is 0 Å². The van der Waals surface area contributed by atoms with Crippen LogP contribution < -0.4 is 0 Å². The first-order valence-corrected chi connectivity index (χ1v) is 19.9. The summed E-state index contributed by atoms with van der Waals surface area (Å²) in [6.45, 7) is 0. The molecular formula is C51H31N5S. The lowest BCUT2D eigenvalue weighted by molar-refractivity contribution is 0.955. The number of fused-ring (bicyclic) bond motifs is 9. The van der Waals surface area contributed by atoms with Crippen molar-refractivity contribution >= 4 is 75.1 Å². The van der Waals surface area contributed by atoms with Gasteiger partial charge in [-0.15, -0.1) is 11.3 Å². The molecule has 0 aliphatic carbocycles. The smallest absolute Gasteiger partial charge is 0.238 e. The van der Waals surface area contributed by atoms with E-state index < -0.39 is 0 Å². The van der Waals surface area contributed by atoms with Crippen molar-refractivity contribution < 1.29 is 0 Å². The van der Waals surface area contributed by atoms with Crippen molar-refractivity contribution in [1.29, 1.82) is 0 Å². The number of benzene rings is 8. The Labute approximate surface area is 331 Å². The van der Waals surface area contributed by atoms with Gasteiger partial charge in [-0.3, -0.25) is 4.57 Å². The highest BCUT2D eigenvalue weighted by Crippen LogP contribution is 2.42. The van der Waals surface area contributed by atoms with E-state index in [9.17, 15) is 0 Å². The summed E-state index contributed by atoms with van der Waals surface area (Å²) < 4.78 is 7.05. The minimum Gasteiger partial charge on any atom is -0.309 e. The predicted molar refractivity (Wildman–Crippen MR) is 238 cm³/mol. The fraction of sp³-hybridized carbons (Fsp3) is 0. The van der Waals surface area contributed by atoms with Crippen LogP contribution in [0.1, 0.15) is 0 Å². The molecule has 0 aliphatic heterocycles. The summed E-state index contributed by atoms with van der Waals surface area (Å²) in [7, 11) is 0. The number of hydrogen-bond donors (Lipinski definition) is 0. The van der Waals surface area contributed by atoms with E-state index in [1.165, 1.54) is 42.1 Å². The first-order chi connectivity index (χ1) is 28.3. The Balaban J connectivity index is 1.14. The SMILES string of the molecule is c1ccc(-c2cccc(-n3c4ccccc4c4cc5c(cc43)c3ccccc3n5-c3nc(-c4ccccc4)nc(-c4cccc5c4sc4ccccc45)n3)c2)cc1. The van der Waals surface area contributed by atoms with Gasteiger partial charge in [0.2, 0.25) is 5.95 Å². The molecule has 4 heterocycles. The van der Waals surface area contributed by atoms with E-state index in [-0.39, 0.29) is 0 Å². The maximum atomic E-state index is 5.37. The molecule has 0 spiro atoms. The van der Waals surface area contributed by atoms with Gasteiger partial charge in [-0.25, -0.2) is 4.98 Å². The summed E-state index contributed by atoms with van der Waals surface area (Å²) >= 11 is 1.79. The second kappa shape index (κ2) is 12.6. The van der Waals surface area contributed by atoms with Crippen LogP contribution in [0.15, 0.2) is 188 Å². The van der Waals surface area contributed by atoms with E-state index in [1.54, 1.807) is 11.3 Å². The third kappa shape index (κ3) is 4.98. The van der Waals surface area contributed by atoms with Gasteiger partial charge in [0.15, 0.2) is 11.6 Å². The fourth-order valence-electron chi connectivity index (χ4n) is 8.60. The van der Waals surface area contributed by atoms with E-state index in [0.717, 1.165) is 49.7 Å². The molecular weight excluding hydrogens is 715 g/mol. The molecule has 0 saturated heterocycles. The standard InChI is InChI=1S/C51H31N5S/c1-3-15-32(16-4-1)34-19-13-20-35(29-34)55-43-26-10-7-21-36(43)41-31-46-42(30-45(41)55)37-22-8-11-27-44(37)56(46)51-53-49(33-17-5-2-6-18-33)52-50(54-51)40-25-14-24-39-38-23-9-12-28-47(38)57-48(39)40/h1-31H. The van der Waals surface area contributed by atoms with Crippen molar-refractivity contribution in [2.24, 2.45) is 0 Å². The number of nitrogens with zero attached hydrogens (tertiary/aromatic N) is 5. The number of thiophene rings is 1. The highest BCUT2D eigenvalue weighted by atomic mass is 32.1. The Bertz CT molecular complexity index is 3520. The van der Waals surface area contributed by atoms with Gasteiger partial charge in [-0.1, -0.05) is 140 Å². The Morgan fingerprint density at radius 2 is 0.912 bits per heavy atom. The molecule has 0 unspecified atom stereocenters. The summed E-state index contributed by atoms with van der Waals surface area (Å²) in [5.74, 6) is 1.87. The van der Waals surface area contributed by atoms with E-state index in [0.29, 0.717) is 17.6 Å². The minimum atomic E-state index is 0.585. The molecule has 0 aliphatic rings. The van der Waals surface area contributed by atoms with Crippen molar-refractivity contribution in [1.82, 2.24) is 24.1 Å². The van der Waals surface area contributed by atoms with Gasteiger partial charge < -0.3 is 4.57 Å². The highest BCUT2D eigenvalue weighted by Gasteiger charge is 2.22. The molecule has 0 bridgehead atoms. The van der Waals surface area contributed by atoms with Crippen LogP contribution >= 0.6 is 11.3 Å². The third-order valence-electron chi connectivity index (χ3n) is 11.2. The normalized spacial score (nSPS) is 11.9. The molecule has 6 heteroatoms. The summed E-state index contributed by atoms with van der Waals surface area (Å²) in [6, 6.07) is 66.7. The molecule has 0 radical (unpaired) electrons. The first kappa shape index (κ1) is 31.9. The lowest BCUT2D eigenvalue weighted by Gasteiger charge is -2.12. The molecule has 0 amide bonds. The highest BCUT2D eigenvalue weighted by molar-refractivity contribution is 7.26. The largest absolute Gasteiger partial charge is 0.309 e. The Hall–Kier alpha value is -7.41. The van der Waals surface area contributed by atoms with Gasteiger partial charge in [-0.05, 0) is 59.7 Å². The lowest BCUT2D eigenvalue weighted by Crippen LogP contribution is -2.06. The van der Waals surface area contributed by atoms with Crippen molar-refractivity contribution in [3.63, 3.8) is 0 Å². The van der Waals surface area contributed by atoms with Gasteiger partial charge in [0.1, 0.15) is 0 Å². The van der Waals surface area contributed by atoms with Crippen LogP contribution in [0.2, 0.25) is 0 Å². The molecule has 0 fully saturated rings. The zero-order valence-corrected chi connectivity index (χ0v) is 31.4. The van der Waals surface area contributed by atoms with Crippen molar-refractivity contribution in [2.45, 2.75) is 0 Å². The molecule has 266 valence electrons. The first-order valence-electron chi connectivity index (χ1n) is 19.1. The molecule has 12 rings (SSSR count). The van der Waals surface area contributed by atoms with Crippen LogP contribution in [0.5, 0.6) is 0 Å². The van der Waals surface area contributed by atoms with Gasteiger partial charge in [-0.2, -0.15) is 9.97 Å². The Morgan fingerprint density at radius 3 is 1.67 bits per heavy atom. The number of rotatable bonds is 5. The topological polar surface area (TPSA) is 48.5 Å².